The van der Waals surface area contributed by atoms with Crippen molar-refractivity contribution in [2.24, 2.45) is 11.1 Å². The molecule has 4 aromatic rings. The van der Waals surface area contributed by atoms with E-state index in [1.54, 1.807) is 24.5 Å². The van der Waals surface area contributed by atoms with Crippen LogP contribution < -0.4 is 16.0 Å². The zero-order valence-electron chi connectivity index (χ0n) is 21.1. The smallest absolute Gasteiger partial charge is 0.274 e. The van der Waals surface area contributed by atoms with Crippen LogP contribution in [0, 0.1) is 5.41 Å². The van der Waals surface area contributed by atoms with Crippen LogP contribution in [0.4, 0.5) is 11.5 Å². The van der Waals surface area contributed by atoms with Crippen molar-refractivity contribution in [1.29, 1.82) is 0 Å². The molecule has 2 saturated heterocycles. The Balaban J connectivity index is 1.15. The quantitative estimate of drug-likeness (QED) is 0.343. The second-order valence-corrected chi connectivity index (χ2v) is 11.1. The molecule has 2 aliphatic heterocycles. The van der Waals surface area contributed by atoms with E-state index < -0.39 is 0 Å². The Hall–Kier alpha value is -3.45. The second kappa shape index (κ2) is 10.6. The van der Waals surface area contributed by atoms with Crippen LogP contribution >= 0.6 is 23.4 Å². The molecule has 0 aliphatic carbocycles. The molecular formula is C26H26ClN9O2S. The van der Waals surface area contributed by atoms with Crippen molar-refractivity contribution in [3.63, 3.8) is 0 Å². The predicted molar refractivity (Wildman–Crippen MR) is 148 cm³/mol. The molecule has 13 heteroatoms. The first-order valence-electron chi connectivity index (χ1n) is 12.6. The number of fused-ring (bicyclic) bond motifs is 1. The maximum atomic E-state index is 12.5. The lowest BCUT2D eigenvalue weighted by molar-refractivity contribution is 0.0974. The Morgan fingerprint density at radius 1 is 1.18 bits per heavy atom. The van der Waals surface area contributed by atoms with Crippen LogP contribution in [0.5, 0.6) is 0 Å². The third-order valence-electron chi connectivity index (χ3n) is 7.42. The minimum Gasteiger partial charge on any atom is -0.376 e. The van der Waals surface area contributed by atoms with Crippen molar-refractivity contribution >= 4 is 51.9 Å². The summed E-state index contributed by atoms with van der Waals surface area (Å²) in [6, 6.07) is 6.94. The van der Waals surface area contributed by atoms with Gasteiger partial charge in [-0.1, -0.05) is 17.7 Å². The van der Waals surface area contributed by atoms with Gasteiger partial charge in [-0.3, -0.25) is 4.79 Å². The van der Waals surface area contributed by atoms with Gasteiger partial charge in [0.1, 0.15) is 23.4 Å². The molecular weight excluding hydrogens is 538 g/mol. The Labute approximate surface area is 234 Å². The average Bonchev–Trinajstić information content (AvgIpc) is 3.24. The molecule has 2 fully saturated rings. The van der Waals surface area contributed by atoms with Gasteiger partial charge in [-0.2, -0.15) is 0 Å². The maximum Gasteiger partial charge on any atom is 0.274 e. The molecule has 2 atom stereocenters. The van der Waals surface area contributed by atoms with Gasteiger partial charge in [-0.15, -0.1) is 0 Å². The first-order valence-corrected chi connectivity index (χ1v) is 13.8. The second-order valence-electron chi connectivity index (χ2n) is 9.75. The first kappa shape index (κ1) is 25.8. The zero-order chi connectivity index (χ0) is 27.0. The Morgan fingerprint density at radius 2 is 2.03 bits per heavy atom. The zero-order valence-corrected chi connectivity index (χ0v) is 22.7. The van der Waals surface area contributed by atoms with Gasteiger partial charge in [0.25, 0.3) is 5.91 Å². The molecule has 0 bridgehead atoms. The molecule has 5 heterocycles. The minimum absolute atomic E-state index is 0.0483. The third-order valence-corrected chi connectivity index (χ3v) is 8.88. The van der Waals surface area contributed by atoms with Gasteiger partial charge < -0.3 is 20.7 Å². The van der Waals surface area contributed by atoms with E-state index in [1.165, 1.54) is 30.4 Å². The summed E-state index contributed by atoms with van der Waals surface area (Å²) in [7, 11) is 0. The number of nitrogens with one attached hydrogen (secondary N) is 1. The lowest BCUT2D eigenvalue weighted by atomic mass is 9.73. The number of ether oxygens (including phenoxy) is 1. The topological polar surface area (TPSA) is 145 Å². The van der Waals surface area contributed by atoms with Crippen molar-refractivity contribution < 1.29 is 9.53 Å². The van der Waals surface area contributed by atoms with Gasteiger partial charge in [0.2, 0.25) is 0 Å². The van der Waals surface area contributed by atoms with Crippen molar-refractivity contribution in [3.8, 4) is 0 Å². The van der Waals surface area contributed by atoms with Crippen LogP contribution in [0.15, 0.2) is 59.2 Å². The highest BCUT2D eigenvalue weighted by molar-refractivity contribution is 7.99. The number of halogens is 1. The highest BCUT2D eigenvalue weighted by Crippen LogP contribution is 2.42. The number of benzene rings is 1. The van der Waals surface area contributed by atoms with E-state index in [4.69, 9.17) is 27.1 Å². The van der Waals surface area contributed by atoms with Crippen LogP contribution in [0.3, 0.4) is 0 Å². The summed E-state index contributed by atoms with van der Waals surface area (Å²) >= 11 is 7.88. The van der Waals surface area contributed by atoms with Gasteiger partial charge in [0, 0.05) is 35.6 Å². The molecule has 1 amide bonds. The van der Waals surface area contributed by atoms with Gasteiger partial charge in [0.15, 0.2) is 10.8 Å². The fourth-order valence-corrected chi connectivity index (χ4v) is 6.12. The highest BCUT2D eigenvalue weighted by atomic mass is 35.5. The third kappa shape index (κ3) is 5.12. The van der Waals surface area contributed by atoms with E-state index in [1.807, 2.05) is 6.07 Å². The van der Waals surface area contributed by atoms with Gasteiger partial charge in [0.05, 0.1) is 35.8 Å². The monoisotopic (exact) mass is 563 g/mol. The molecule has 39 heavy (non-hydrogen) atoms. The molecule has 200 valence electrons. The lowest BCUT2D eigenvalue weighted by Gasteiger charge is -2.41. The molecule has 0 saturated carbocycles. The van der Waals surface area contributed by atoms with Crippen molar-refractivity contribution in [3.05, 3.63) is 59.9 Å². The molecule has 0 radical (unpaired) electrons. The number of aromatic nitrogens is 6. The summed E-state index contributed by atoms with van der Waals surface area (Å²) in [5, 5.41) is 3.63. The summed E-state index contributed by atoms with van der Waals surface area (Å²) in [6.45, 7) is 4.47. The fraction of sp³-hybridized carbons (Fsp3) is 0.346. The molecule has 6 rings (SSSR count). The molecule has 2 aliphatic rings. The normalized spacial score (nSPS) is 20.4. The van der Waals surface area contributed by atoms with E-state index in [9.17, 15) is 4.79 Å². The summed E-state index contributed by atoms with van der Waals surface area (Å²) < 4.78 is 5.84. The first-order chi connectivity index (χ1) is 18.9. The number of hydrogen-bond acceptors (Lipinski definition) is 11. The predicted octanol–water partition coefficient (Wildman–Crippen LogP) is 3.60. The number of hydrogen-bond donors (Lipinski definition) is 2. The number of amides is 1. The lowest BCUT2D eigenvalue weighted by Crippen LogP contribution is -2.50. The summed E-state index contributed by atoms with van der Waals surface area (Å²) in [6.07, 6.45) is 8.27. The Morgan fingerprint density at radius 3 is 2.77 bits per heavy atom. The van der Waals surface area contributed by atoms with Crippen molar-refractivity contribution in [2.75, 3.05) is 29.9 Å². The van der Waals surface area contributed by atoms with Crippen LogP contribution in [-0.4, -0.2) is 67.7 Å². The van der Waals surface area contributed by atoms with E-state index in [0.717, 1.165) is 38.4 Å². The minimum atomic E-state index is -0.382. The van der Waals surface area contributed by atoms with Crippen LogP contribution in [0.25, 0.3) is 11.2 Å². The van der Waals surface area contributed by atoms with Crippen LogP contribution in [-0.2, 0) is 4.74 Å². The Bertz CT molecular complexity index is 1520. The average molecular weight is 564 g/mol. The van der Waals surface area contributed by atoms with E-state index in [0.29, 0.717) is 31.9 Å². The van der Waals surface area contributed by atoms with Crippen molar-refractivity contribution in [1.82, 2.24) is 29.9 Å². The Kier molecular flexibility index (Phi) is 7.02. The molecule has 3 aromatic heterocycles. The standard InChI is InChI=1S/C26H26ClN9O2S/c1-15-22(28)26(13-38-15)6-9-36(10-7-26)20-12-30-23-18(33-20)11-31-25(35-23)39-19-4-2-3-16(21(19)27)34-24(37)17-5-8-29-14-32-17/h2-5,8,11-12,14-15,22H,6-7,9-10,13,28H2,1H3,(H,34,37)/t15-,22+/m0/s1. The van der Waals surface area contributed by atoms with Crippen LogP contribution in [0.2, 0.25) is 5.02 Å². The van der Waals surface area contributed by atoms with E-state index >= 15 is 0 Å². The highest BCUT2D eigenvalue weighted by Gasteiger charge is 2.47. The summed E-state index contributed by atoms with van der Waals surface area (Å²) in [5.74, 6) is 0.421. The summed E-state index contributed by atoms with van der Waals surface area (Å²) in [5.41, 5.74) is 8.31. The summed E-state index contributed by atoms with van der Waals surface area (Å²) in [4.78, 5) is 41.6. The van der Waals surface area contributed by atoms with E-state index in [-0.39, 0.29) is 29.2 Å². The molecule has 0 unspecified atom stereocenters. The number of nitrogens with zero attached hydrogens (tertiary/aromatic N) is 7. The van der Waals surface area contributed by atoms with Gasteiger partial charge in [-0.05, 0) is 49.7 Å². The number of anilines is 2. The van der Waals surface area contributed by atoms with Crippen LogP contribution in [0.1, 0.15) is 30.3 Å². The van der Waals surface area contributed by atoms with E-state index in [2.05, 4.69) is 42.1 Å². The number of rotatable bonds is 5. The largest absolute Gasteiger partial charge is 0.376 e. The van der Waals surface area contributed by atoms with Gasteiger partial charge in [-0.25, -0.2) is 29.9 Å². The maximum absolute atomic E-state index is 12.5. The number of piperidine rings is 1. The van der Waals surface area contributed by atoms with Crippen molar-refractivity contribution in [2.45, 2.75) is 42.0 Å². The SMILES string of the molecule is C[C@@H]1OCC2(CCN(c3cnc4nc(Sc5cccc(NC(=O)c6ccncn6)c5Cl)ncc4n3)CC2)[C@@H]1N. The fourth-order valence-electron chi connectivity index (χ4n) is 5.05. The molecule has 3 N–H and O–H groups in total. The number of nitrogens with two attached hydrogens (primary N) is 1. The molecule has 11 nitrogen and oxygen atoms in total. The number of carbonyl (C=O) groups excluding carboxylic acids is 1. The molecule has 1 spiro atoms. The number of carbonyl (C=O) groups is 1. The van der Waals surface area contributed by atoms with Gasteiger partial charge >= 0.3 is 0 Å². The molecule has 1 aromatic carbocycles.